The molecule has 3 aliphatic rings. The van der Waals surface area contributed by atoms with Crippen LogP contribution in [0.15, 0.2) is 0 Å². The van der Waals surface area contributed by atoms with Gasteiger partial charge in [-0.2, -0.15) is 0 Å². The van der Waals surface area contributed by atoms with E-state index >= 15 is 0 Å². The van der Waals surface area contributed by atoms with Crippen LogP contribution < -0.4 is 10.6 Å². The van der Waals surface area contributed by atoms with Gasteiger partial charge in [0.2, 0.25) is 0 Å². The maximum atomic E-state index is 7.01. The quantitative estimate of drug-likeness (QED) is 0.308. The zero-order valence-corrected chi connectivity index (χ0v) is 26.1. The van der Waals surface area contributed by atoms with Gasteiger partial charge in [0.25, 0.3) is 0 Å². The molecule has 3 aliphatic heterocycles. The summed E-state index contributed by atoms with van der Waals surface area (Å²) in [5.41, 5.74) is 0. The molecule has 3 unspecified atom stereocenters. The summed E-state index contributed by atoms with van der Waals surface area (Å²) in [7, 11) is 0. The van der Waals surface area contributed by atoms with Crippen LogP contribution >= 0.6 is 0 Å². The molecule has 7 heteroatoms. The van der Waals surface area contributed by atoms with E-state index in [2.05, 4.69) is 73.8 Å². The van der Waals surface area contributed by atoms with Gasteiger partial charge in [-0.1, -0.05) is 34.6 Å². The van der Waals surface area contributed by atoms with E-state index in [1.807, 2.05) is 0 Å². The molecule has 0 aromatic carbocycles. The minimum absolute atomic E-state index is 0.266. The molecule has 0 saturated carbocycles. The molecule has 3 heterocycles. The summed E-state index contributed by atoms with van der Waals surface area (Å²) in [4.78, 5) is 7.95. The highest BCUT2D eigenvalue weighted by atomic mass is 16.5. The lowest BCUT2D eigenvalue weighted by molar-refractivity contribution is -0.169. The SMILES string of the molecule is CCNCCC[C@@H]1CN(CC(C)C)CC(C2CN(CC(C)C)CCC2OC2CCN(CNC(C)C)CC2)O1. The normalized spacial score (nSPS) is 29.2. The van der Waals surface area contributed by atoms with E-state index in [0.29, 0.717) is 42.1 Å². The first kappa shape index (κ1) is 32.2. The molecule has 224 valence electrons. The van der Waals surface area contributed by atoms with Crippen molar-refractivity contribution in [3.8, 4) is 0 Å². The first-order valence-corrected chi connectivity index (χ1v) is 16.2. The van der Waals surface area contributed by atoms with E-state index < -0.39 is 0 Å². The Morgan fingerprint density at radius 1 is 0.842 bits per heavy atom. The molecule has 0 aromatic heterocycles. The van der Waals surface area contributed by atoms with Crippen molar-refractivity contribution in [3.05, 3.63) is 0 Å². The summed E-state index contributed by atoms with van der Waals surface area (Å²) in [6.07, 6.45) is 7.08. The van der Waals surface area contributed by atoms with Gasteiger partial charge in [-0.15, -0.1) is 0 Å². The van der Waals surface area contributed by atoms with Crippen molar-refractivity contribution < 1.29 is 9.47 Å². The molecule has 3 saturated heterocycles. The first-order valence-electron chi connectivity index (χ1n) is 16.2. The standard InChI is InChI=1S/C31H63N5O2/c1-8-32-14-9-10-28-20-36(19-25(4)5)22-31(38-28)29-21-35(18-24(2)3)17-13-30(29)37-27-11-15-34(16-12-27)23-33-26(6)7/h24-33H,8-23H2,1-7H3/t28-,29?,30?,31?/m1/s1. The maximum absolute atomic E-state index is 7.01. The van der Waals surface area contributed by atoms with Crippen molar-refractivity contribution in [2.24, 2.45) is 17.8 Å². The third-order valence-electron chi connectivity index (χ3n) is 8.42. The number of piperidine rings is 2. The monoisotopic (exact) mass is 537 g/mol. The van der Waals surface area contributed by atoms with Gasteiger partial charge in [-0.25, -0.2) is 0 Å². The van der Waals surface area contributed by atoms with Crippen molar-refractivity contribution >= 4 is 0 Å². The second kappa shape index (κ2) is 16.9. The van der Waals surface area contributed by atoms with E-state index in [-0.39, 0.29) is 6.10 Å². The highest BCUT2D eigenvalue weighted by Gasteiger charge is 2.41. The molecular formula is C31H63N5O2. The number of hydrogen-bond donors (Lipinski definition) is 2. The van der Waals surface area contributed by atoms with Crippen LogP contribution in [0.4, 0.5) is 0 Å². The Hall–Kier alpha value is -0.280. The fourth-order valence-corrected chi connectivity index (χ4v) is 6.64. The largest absolute Gasteiger partial charge is 0.374 e. The number of ether oxygens (including phenoxy) is 2. The molecule has 0 amide bonds. The number of rotatable bonds is 15. The van der Waals surface area contributed by atoms with Crippen LogP contribution in [0.5, 0.6) is 0 Å². The second-order valence-electron chi connectivity index (χ2n) is 13.5. The predicted molar refractivity (Wildman–Crippen MR) is 160 cm³/mol. The van der Waals surface area contributed by atoms with Crippen molar-refractivity contribution in [1.82, 2.24) is 25.3 Å². The van der Waals surface area contributed by atoms with Crippen LogP contribution in [0, 0.1) is 17.8 Å². The van der Waals surface area contributed by atoms with Gasteiger partial charge in [0.05, 0.1) is 24.4 Å². The molecule has 3 fully saturated rings. The highest BCUT2D eigenvalue weighted by Crippen LogP contribution is 2.32. The number of likely N-dealkylation sites (tertiary alicyclic amines) is 2. The van der Waals surface area contributed by atoms with Crippen molar-refractivity contribution in [3.63, 3.8) is 0 Å². The third kappa shape index (κ3) is 11.3. The molecule has 0 aliphatic carbocycles. The molecule has 2 N–H and O–H groups in total. The average Bonchev–Trinajstić information content (AvgIpc) is 2.86. The Kier molecular flexibility index (Phi) is 14.3. The van der Waals surface area contributed by atoms with Gasteiger partial charge in [-0.3, -0.25) is 9.80 Å². The van der Waals surface area contributed by atoms with Gasteiger partial charge in [0, 0.05) is 71.0 Å². The summed E-state index contributed by atoms with van der Waals surface area (Å²) in [6, 6.07) is 0.540. The molecule has 7 nitrogen and oxygen atoms in total. The van der Waals surface area contributed by atoms with Crippen molar-refractivity contribution in [2.45, 2.75) is 111 Å². The Bertz CT molecular complexity index is 625. The summed E-state index contributed by atoms with van der Waals surface area (Å²) in [5, 5.41) is 7.07. The van der Waals surface area contributed by atoms with Gasteiger partial charge < -0.3 is 25.0 Å². The molecule has 38 heavy (non-hydrogen) atoms. The smallest absolute Gasteiger partial charge is 0.0771 e. The highest BCUT2D eigenvalue weighted by molar-refractivity contribution is 4.92. The van der Waals surface area contributed by atoms with Gasteiger partial charge in [0.15, 0.2) is 0 Å². The lowest BCUT2D eigenvalue weighted by Crippen LogP contribution is -2.58. The second-order valence-corrected chi connectivity index (χ2v) is 13.5. The van der Waals surface area contributed by atoms with Crippen molar-refractivity contribution in [2.75, 3.05) is 72.1 Å². The number of morpholine rings is 1. The molecule has 3 rings (SSSR count). The van der Waals surface area contributed by atoms with Crippen LogP contribution in [0.1, 0.15) is 80.6 Å². The lowest BCUT2D eigenvalue weighted by Gasteiger charge is -2.48. The fourth-order valence-electron chi connectivity index (χ4n) is 6.64. The van der Waals surface area contributed by atoms with Crippen molar-refractivity contribution in [1.29, 1.82) is 0 Å². The van der Waals surface area contributed by atoms with Gasteiger partial charge in [0.1, 0.15) is 0 Å². The molecule has 0 radical (unpaired) electrons. The van der Waals surface area contributed by atoms with E-state index in [9.17, 15) is 0 Å². The Labute approximate surface area is 235 Å². The Balaban J connectivity index is 1.64. The number of hydrogen-bond acceptors (Lipinski definition) is 7. The summed E-state index contributed by atoms with van der Waals surface area (Å²) in [6.45, 7) is 28.2. The summed E-state index contributed by atoms with van der Waals surface area (Å²) < 4.78 is 14.0. The molecule has 0 bridgehead atoms. The molecule has 0 aromatic rings. The van der Waals surface area contributed by atoms with Crippen LogP contribution in [-0.2, 0) is 9.47 Å². The maximum Gasteiger partial charge on any atom is 0.0771 e. The van der Waals surface area contributed by atoms with E-state index in [1.165, 1.54) is 19.5 Å². The summed E-state index contributed by atoms with van der Waals surface area (Å²) in [5.74, 6) is 1.83. The predicted octanol–water partition coefficient (Wildman–Crippen LogP) is 3.88. The van der Waals surface area contributed by atoms with Crippen LogP contribution in [0.25, 0.3) is 0 Å². The lowest BCUT2D eigenvalue weighted by atomic mass is 9.87. The summed E-state index contributed by atoms with van der Waals surface area (Å²) >= 11 is 0. The topological polar surface area (TPSA) is 52.2 Å². The zero-order valence-electron chi connectivity index (χ0n) is 26.1. The number of nitrogens with one attached hydrogen (secondary N) is 2. The Morgan fingerprint density at radius 3 is 2.18 bits per heavy atom. The average molecular weight is 538 g/mol. The van der Waals surface area contributed by atoms with E-state index in [1.54, 1.807) is 0 Å². The molecular weight excluding hydrogens is 474 g/mol. The molecule has 0 spiro atoms. The van der Waals surface area contributed by atoms with Crippen LogP contribution in [-0.4, -0.2) is 117 Å². The minimum Gasteiger partial charge on any atom is -0.374 e. The van der Waals surface area contributed by atoms with Crippen LogP contribution in [0.2, 0.25) is 0 Å². The first-order chi connectivity index (χ1) is 18.2. The fraction of sp³-hybridized carbons (Fsp3) is 1.00. The van der Waals surface area contributed by atoms with Crippen LogP contribution in [0.3, 0.4) is 0 Å². The van der Waals surface area contributed by atoms with Gasteiger partial charge in [-0.05, 0) is 70.9 Å². The minimum atomic E-state index is 0.266. The van der Waals surface area contributed by atoms with E-state index in [4.69, 9.17) is 9.47 Å². The Morgan fingerprint density at radius 2 is 1.53 bits per heavy atom. The number of nitrogens with zero attached hydrogens (tertiary/aromatic N) is 3. The van der Waals surface area contributed by atoms with Gasteiger partial charge >= 0.3 is 0 Å². The molecule has 4 atom stereocenters. The zero-order chi connectivity index (χ0) is 27.5. The third-order valence-corrected chi connectivity index (χ3v) is 8.42. The van der Waals surface area contributed by atoms with E-state index in [0.717, 1.165) is 84.7 Å².